The molecule has 1 aliphatic rings. The molecule has 58 valence electrons. The van der Waals surface area contributed by atoms with E-state index < -0.39 is 0 Å². The van der Waals surface area contributed by atoms with Gasteiger partial charge in [-0.25, -0.2) is 5.48 Å². The second-order valence-electron chi connectivity index (χ2n) is 2.60. The van der Waals surface area contributed by atoms with Gasteiger partial charge in [0.05, 0.1) is 0 Å². The molecule has 4 heteroatoms. The molecule has 0 aromatic rings. The molecule has 0 saturated carbocycles. The summed E-state index contributed by atoms with van der Waals surface area (Å²) in [5, 5.41) is 11.3. The lowest BCUT2D eigenvalue weighted by molar-refractivity contribution is -0.130. The summed E-state index contributed by atoms with van der Waals surface area (Å²) in [6, 6.07) is 0. The Bertz CT molecular complexity index is 121. The van der Waals surface area contributed by atoms with Crippen LogP contribution in [0.1, 0.15) is 12.8 Å². The van der Waals surface area contributed by atoms with E-state index in [1.165, 1.54) is 0 Å². The van der Waals surface area contributed by atoms with Gasteiger partial charge < -0.3 is 5.32 Å². The summed E-state index contributed by atoms with van der Waals surface area (Å²) in [5.74, 6) is 0.126. The maximum absolute atomic E-state index is 10.6. The molecule has 1 fully saturated rings. The Morgan fingerprint density at radius 1 is 1.80 bits per heavy atom. The zero-order valence-electron chi connectivity index (χ0n) is 5.76. The molecular weight excluding hydrogens is 132 g/mol. The first-order valence-electron chi connectivity index (χ1n) is 3.46. The maximum atomic E-state index is 10.6. The van der Waals surface area contributed by atoms with Gasteiger partial charge in [-0.3, -0.25) is 10.0 Å². The van der Waals surface area contributed by atoms with Crippen LogP contribution in [0.2, 0.25) is 0 Å². The lowest BCUT2D eigenvalue weighted by Crippen LogP contribution is -2.22. The Hall–Kier alpha value is -0.610. The van der Waals surface area contributed by atoms with Gasteiger partial charge in [0, 0.05) is 6.42 Å². The van der Waals surface area contributed by atoms with Crippen molar-refractivity contribution >= 4 is 5.91 Å². The zero-order valence-corrected chi connectivity index (χ0v) is 5.76. The molecular formula is C6H12N2O2. The number of rotatable bonds is 2. The summed E-state index contributed by atoms with van der Waals surface area (Å²) in [7, 11) is 0. The number of hydroxylamine groups is 1. The van der Waals surface area contributed by atoms with Crippen molar-refractivity contribution in [1.82, 2.24) is 10.8 Å². The molecule has 1 heterocycles. The van der Waals surface area contributed by atoms with Crippen LogP contribution in [-0.4, -0.2) is 24.2 Å². The van der Waals surface area contributed by atoms with Gasteiger partial charge in [0.2, 0.25) is 5.91 Å². The van der Waals surface area contributed by atoms with Crippen LogP contribution in [0.4, 0.5) is 0 Å². The van der Waals surface area contributed by atoms with Gasteiger partial charge in [-0.15, -0.1) is 0 Å². The van der Waals surface area contributed by atoms with E-state index in [2.05, 4.69) is 5.32 Å². The van der Waals surface area contributed by atoms with Gasteiger partial charge in [0.25, 0.3) is 0 Å². The Kier molecular flexibility index (Phi) is 2.65. The van der Waals surface area contributed by atoms with E-state index in [1.807, 2.05) is 0 Å². The topological polar surface area (TPSA) is 61.4 Å². The second kappa shape index (κ2) is 3.53. The van der Waals surface area contributed by atoms with Crippen LogP contribution in [0, 0.1) is 5.92 Å². The summed E-state index contributed by atoms with van der Waals surface area (Å²) >= 11 is 0. The molecule has 0 bridgehead atoms. The lowest BCUT2D eigenvalue weighted by atomic mass is 10.1. The van der Waals surface area contributed by atoms with Crippen molar-refractivity contribution in [2.75, 3.05) is 13.1 Å². The lowest BCUT2D eigenvalue weighted by Gasteiger charge is -2.04. The van der Waals surface area contributed by atoms with Gasteiger partial charge in [0.15, 0.2) is 0 Å². The first-order chi connectivity index (χ1) is 4.83. The van der Waals surface area contributed by atoms with E-state index in [-0.39, 0.29) is 5.91 Å². The molecule has 0 aliphatic carbocycles. The summed E-state index contributed by atoms with van der Waals surface area (Å²) in [4.78, 5) is 10.6. The van der Waals surface area contributed by atoms with E-state index in [0.717, 1.165) is 19.5 Å². The summed E-state index contributed by atoms with van der Waals surface area (Å²) < 4.78 is 0. The molecule has 1 saturated heterocycles. The van der Waals surface area contributed by atoms with Crippen LogP contribution in [0.5, 0.6) is 0 Å². The third-order valence-electron chi connectivity index (χ3n) is 1.76. The standard InChI is InChI=1S/C6H12N2O2/c9-6(8-10)3-5-1-2-7-4-5/h5,7,10H,1-4H2,(H,8,9). The van der Waals surface area contributed by atoms with Gasteiger partial charge in [-0.05, 0) is 25.4 Å². The maximum Gasteiger partial charge on any atom is 0.243 e. The molecule has 1 aliphatic heterocycles. The Morgan fingerprint density at radius 3 is 3.10 bits per heavy atom. The van der Waals surface area contributed by atoms with Crippen LogP contribution in [0.15, 0.2) is 0 Å². The van der Waals surface area contributed by atoms with Crippen molar-refractivity contribution in [3.63, 3.8) is 0 Å². The monoisotopic (exact) mass is 144 g/mol. The smallest absolute Gasteiger partial charge is 0.243 e. The number of amides is 1. The minimum atomic E-state index is -0.284. The predicted octanol–water partition coefficient (Wildman–Crippen LogP) is -0.509. The van der Waals surface area contributed by atoms with Crippen LogP contribution < -0.4 is 10.8 Å². The highest BCUT2D eigenvalue weighted by molar-refractivity contribution is 5.74. The normalized spacial score (nSPS) is 24.7. The summed E-state index contributed by atoms with van der Waals surface area (Å²) in [5.41, 5.74) is 1.63. The van der Waals surface area contributed by atoms with Crippen molar-refractivity contribution in [2.24, 2.45) is 5.92 Å². The minimum Gasteiger partial charge on any atom is -0.316 e. The van der Waals surface area contributed by atoms with Crippen molar-refractivity contribution in [1.29, 1.82) is 0 Å². The molecule has 0 radical (unpaired) electrons. The molecule has 1 rings (SSSR count). The quantitative estimate of drug-likeness (QED) is 0.361. The molecule has 0 spiro atoms. The van der Waals surface area contributed by atoms with Crippen LogP contribution in [0.3, 0.4) is 0 Å². The zero-order chi connectivity index (χ0) is 7.40. The van der Waals surface area contributed by atoms with Crippen LogP contribution in [-0.2, 0) is 4.79 Å². The number of carbonyl (C=O) groups excluding carboxylic acids is 1. The number of hydrogen-bond donors (Lipinski definition) is 3. The molecule has 10 heavy (non-hydrogen) atoms. The number of hydrogen-bond acceptors (Lipinski definition) is 3. The number of carbonyl (C=O) groups is 1. The van der Waals surface area contributed by atoms with E-state index in [1.54, 1.807) is 5.48 Å². The predicted molar refractivity (Wildman–Crippen MR) is 35.5 cm³/mol. The highest BCUT2D eigenvalue weighted by Crippen LogP contribution is 2.10. The summed E-state index contributed by atoms with van der Waals surface area (Å²) in [6.07, 6.45) is 1.47. The van der Waals surface area contributed by atoms with Crippen LogP contribution >= 0.6 is 0 Å². The van der Waals surface area contributed by atoms with Gasteiger partial charge in [-0.1, -0.05) is 0 Å². The third-order valence-corrected chi connectivity index (χ3v) is 1.76. The average Bonchev–Trinajstić information content (AvgIpc) is 2.40. The van der Waals surface area contributed by atoms with Crippen molar-refractivity contribution in [3.05, 3.63) is 0 Å². The van der Waals surface area contributed by atoms with Crippen molar-refractivity contribution in [3.8, 4) is 0 Å². The molecule has 0 aromatic heterocycles. The van der Waals surface area contributed by atoms with Crippen molar-refractivity contribution < 1.29 is 10.0 Å². The molecule has 3 N–H and O–H groups in total. The fourth-order valence-corrected chi connectivity index (χ4v) is 1.20. The number of nitrogens with one attached hydrogen (secondary N) is 2. The van der Waals surface area contributed by atoms with E-state index >= 15 is 0 Å². The fraction of sp³-hybridized carbons (Fsp3) is 0.833. The molecule has 0 aromatic carbocycles. The Morgan fingerprint density at radius 2 is 2.60 bits per heavy atom. The highest BCUT2D eigenvalue weighted by Gasteiger charge is 2.17. The third kappa shape index (κ3) is 1.97. The fourth-order valence-electron chi connectivity index (χ4n) is 1.20. The van der Waals surface area contributed by atoms with E-state index in [9.17, 15) is 4.79 Å². The Labute approximate surface area is 59.6 Å². The van der Waals surface area contributed by atoms with E-state index in [0.29, 0.717) is 12.3 Å². The SMILES string of the molecule is O=C(CC1CCNC1)NO. The van der Waals surface area contributed by atoms with Gasteiger partial charge in [-0.2, -0.15) is 0 Å². The van der Waals surface area contributed by atoms with Crippen molar-refractivity contribution in [2.45, 2.75) is 12.8 Å². The largest absolute Gasteiger partial charge is 0.316 e. The van der Waals surface area contributed by atoms with Gasteiger partial charge in [0.1, 0.15) is 0 Å². The first-order valence-corrected chi connectivity index (χ1v) is 3.46. The van der Waals surface area contributed by atoms with Gasteiger partial charge >= 0.3 is 0 Å². The second-order valence-corrected chi connectivity index (χ2v) is 2.60. The average molecular weight is 144 g/mol. The molecule has 1 unspecified atom stereocenters. The highest BCUT2D eigenvalue weighted by atomic mass is 16.5. The van der Waals surface area contributed by atoms with E-state index in [4.69, 9.17) is 5.21 Å². The minimum absolute atomic E-state index is 0.284. The summed E-state index contributed by atoms with van der Waals surface area (Å²) in [6.45, 7) is 1.89. The van der Waals surface area contributed by atoms with Crippen LogP contribution in [0.25, 0.3) is 0 Å². The Balaban J connectivity index is 2.17. The molecule has 4 nitrogen and oxygen atoms in total. The first kappa shape index (κ1) is 7.50. The molecule has 1 amide bonds. The molecule has 1 atom stereocenters.